The number of aromatic nitrogens is 3. The van der Waals surface area contributed by atoms with E-state index in [1.807, 2.05) is 0 Å². The van der Waals surface area contributed by atoms with Crippen molar-refractivity contribution in [3.8, 4) is 11.5 Å². The second kappa shape index (κ2) is 10.6. The van der Waals surface area contributed by atoms with E-state index in [1.54, 1.807) is 50.8 Å². The molecular weight excluding hydrogens is 504 g/mol. The smallest absolute Gasteiger partial charge is 0.275 e. The van der Waals surface area contributed by atoms with Crippen molar-refractivity contribution in [1.29, 1.82) is 0 Å². The Labute approximate surface area is 211 Å². The molecule has 0 unspecified atom stereocenters. The van der Waals surface area contributed by atoms with Crippen LogP contribution in [0.15, 0.2) is 65.0 Å². The molecule has 2 heterocycles. The van der Waals surface area contributed by atoms with Gasteiger partial charge in [0, 0.05) is 29.0 Å². The van der Waals surface area contributed by atoms with Crippen LogP contribution in [0.25, 0.3) is 0 Å². The Morgan fingerprint density at radius 1 is 1.00 bits per heavy atom. The molecule has 36 heavy (non-hydrogen) atoms. The number of carbonyl (C=O) groups is 1. The Bertz CT molecular complexity index is 1490. The molecule has 0 bridgehead atoms. The average Bonchev–Trinajstić information content (AvgIpc) is 3.33. The number of hydrogen-bond acceptors (Lipinski definition) is 10. The highest BCUT2D eigenvalue weighted by Crippen LogP contribution is 2.32. The number of ether oxygens (including phenoxy) is 2. The van der Waals surface area contributed by atoms with Crippen molar-refractivity contribution in [1.82, 2.24) is 15.0 Å². The van der Waals surface area contributed by atoms with Crippen LogP contribution in [0.1, 0.15) is 16.2 Å². The van der Waals surface area contributed by atoms with Gasteiger partial charge in [-0.2, -0.15) is 0 Å². The third-order valence-electron chi connectivity index (χ3n) is 4.83. The minimum absolute atomic E-state index is 0.000751. The molecule has 3 N–H and O–H groups in total. The molecule has 0 aliphatic heterocycles. The summed E-state index contributed by atoms with van der Waals surface area (Å²) < 4.78 is 38.1. The zero-order valence-corrected chi connectivity index (χ0v) is 21.1. The van der Waals surface area contributed by atoms with Gasteiger partial charge in [0.1, 0.15) is 17.2 Å². The lowest BCUT2D eigenvalue weighted by Crippen LogP contribution is -2.16. The van der Waals surface area contributed by atoms with Crippen LogP contribution in [0.2, 0.25) is 0 Å². The van der Waals surface area contributed by atoms with Gasteiger partial charge in [-0.15, -0.1) is 11.3 Å². The molecule has 0 aliphatic carbocycles. The summed E-state index contributed by atoms with van der Waals surface area (Å²) in [6.07, 6.45) is 1.46. The summed E-state index contributed by atoms with van der Waals surface area (Å²) in [5, 5.41) is 7.93. The number of rotatable bonds is 9. The van der Waals surface area contributed by atoms with Gasteiger partial charge in [0.05, 0.1) is 24.8 Å². The lowest BCUT2D eigenvalue weighted by Gasteiger charge is -2.10. The number of amides is 1. The number of nitrogens with zero attached hydrogens (tertiary/aromatic N) is 3. The van der Waals surface area contributed by atoms with Gasteiger partial charge in [0.2, 0.25) is 5.95 Å². The summed E-state index contributed by atoms with van der Waals surface area (Å²) in [6.45, 7) is 1.73. The zero-order valence-electron chi connectivity index (χ0n) is 19.5. The number of aryl methyl sites for hydroxylation is 1. The van der Waals surface area contributed by atoms with Crippen molar-refractivity contribution in [3.05, 3.63) is 71.5 Å². The fraction of sp³-hybridized carbons (Fsp3) is 0.130. The molecule has 2 aromatic carbocycles. The number of benzene rings is 2. The van der Waals surface area contributed by atoms with E-state index in [9.17, 15) is 13.2 Å². The number of anilines is 4. The van der Waals surface area contributed by atoms with E-state index >= 15 is 0 Å². The Morgan fingerprint density at radius 3 is 2.47 bits per heavy atom. The van der Waals surface area contributed by atoms with Gasteiger partial charge in [-0.3, -0.25) is 4.79 Å². The summed E-state index contributed by atoms with van der Waals surface area (Å²) in [7, 11) is -0.777. The van der Waals surface area contributed by atoms with E-state index in [4.69, 9.17) is 9.47 Å². The SMILES string of the molecule is COc1ccc(Nc2nc(C(=O)Nc3ccc(S(=O)(=O)Nc4nccc(C)n4)cc3)cs2)c(OC)c1. The van der Waals surface area contributed by atoms with Crippen LogP contribution >= 0.6 is 11.3 Å². The third-order valence-corrected chi connectivity index (χ3v) is 6.93. The van der Waals surface area contributed by atoms with E-state index in [-0.39, 0.29) is 16.5 Å². The molecule has 2 aromatic heterocycles. The summed E-state index contributed by atoms with van der Waals surface area (Å²) in [5.74, 6) is 0.749. The van der Waals surface area contributed by atoms with Crippen LogP contribution in [-0.2, 0) is 10.0 Å². The molecule has 0 fully saturated rings. The molecule has 0 radical (unpaired) electrons. The lowest BCUT2D eigenvalue weighted by molar-refractivity contribution is 0.102. The van der Waals surface area contributed by atoms with Gasteiger partial charge in [-0.05, 0) is 49.4 Å². The number of nitrogens with one attached hydrogen (secondary N) is 3. The standard InChI is InChI=1S/C23H22N6O5S2/c1-14-10-11-24-22(25-14)29-36(31,32)17-7-4-15(5-8-17)26-21(30)19-13-35-23(28-19)27-18-9-6-16(33-2)12-20(18)34-3/h4-13H,1-3H3,(H,26,30)(H,27,28)(H,24,25,29). The molecule has 0 saturated carbocycles. The number of carbonyl (C=O) groups excluding carboxylic acids is 1. The molecule has 0 atom stereocenters. The number of sulfonamides is 1. The molecule has 0 spiro atoms. The number of methoxy groups -OCH3 is 2. The quantitative estimate of drug-likeness (QED) is 0.294. The van der Waals surface area contributed by atoms with Crippen LogP contribution in [-0.4, -0.2) is 43.5 Å². The van der Waals surface area contributed by atoms with Crippen LogP contribution in [0.5, 0.6) is 11.5 Å². The van der Waals surface area contributed by atoms with E-state index in [0.717, 1.165) is 0 Å². The molecule has 13 heteroatoms. The Kier molecular flexibility index (Phi) is 7.31. The maximum absolute atomic E-state index is 12.7. The first-order valence-corrected chi connectivity index (χ1v) is 12.8. The van der Waals surface area contributed by atoms with Crippen molar-refractivity contribution in [2.75, 3.05) is 29.6 Å². The summed E-state index contributed by atoms with van der Waals surface area (Å²) in [6, 6.07) is 12.7. The minimum atomic E-state index is -3.89. The van der Waals surface area contributed by atoms with Gasteiger partial charge in [-0.25, -0.2) is 28.1 Å². The predicted octanol–water partition coefficient (Wildman–Crippen LogP) is 4.06. The van der Waals surface area contributed by atoms with Gasteiger partial charge in [-0.1, -0.05) is 0 Å². The van der Waals surface area contributed by atoms with Crippen molar-refractivity contribution in [2.24, 2.45) is 0 Å². The first-order chi connectivity index (χ1) is 17.3. The predicted molar refractivity (Wildman–Crippen MR) is 137 cm³/mol. The fourth-order valence-electron chi connectivity index (χ4n) is 3.04. The lowest BCUT2D eigenvalue weighted by atomic mass is 10.3. The van der Waals surface area contributed by atoms with Crippen LogP contribution in [0.3, 0.4) is 0 Å². The van der Waals surface area contributed by atoms with E-state index in [2.05, 4.69) is 30.3 Å². The van der Waals surface area contributed by atoms with Crippen molar-refractivity contribution in [3.63, 3.8) is 0 Å². The van der Waals surface area contributed by atoms with Crippen molar-refractivity contribution < 1.29 is 22.7 Å². The zero-order chi connectivity index (χ0) is 25.7. The molecule has 4 aromatic rings. The van der Waals surface area contributed by atoms with Gasteiger partial charge in [0.25, 0.3) is 15.9 Å². The molecular formula is C23H22N6O5S2. The third kappa shape index (κ3) is 5.87. The maximum atomic E-state index is 12.7. The average molecular weight is 527 g/mol. The first kappa shape index (κ1) is 24.9. The summed E-state index contributed by atoms with van der Waals surface area (Å²) in [5.41, 5.74) is 1.90. The fourth-order valence-corrected chi connectivity index (χ4v) is 4.70. The van der Waals surface area contributed by atoms with Crippen LogP contribution in [0, 0.1) is 6.92 Å². The topological polar surface area (TPSA) is 144 Å². The van der Waals surface area contributed by atoms with Gasteiger partial charge in [0.15, 0.2) is 5.13 Å². The van der Waals surface area contributed by atoms with Crippen LogP contribution < -0.4 is 24.8 Å². The molecule has 1 amide bonds. The van der Waals surface area contributed by atoms with E-state index in [0.29, 0.717) is 33.7 Å². The van der Waals surface area contributed by atoms with Gasteiger partial charge >= 0.3 is 0 Å². The highest BCUT2D eigenvalue weighted by molar-refractivity contribution is 7.92. The molecule has 0 aliphatic rings. The Hall–Kier alpha value is -4.23. The Morgan fingerprint density at radius 2 is 1.78 bits per heavy atom. The molecule has 11 nitrogen and oxygen atoms in total. The van der Waals surface area contributed by atoms with Gasteiger partial charge < -0.3 is 20.1 Å². The van der Waals surface area contributed by atoms with E-state index in [1.165, 1.54) is 41.8 Å². The second-order valence-electron chi connectivity index (χ2n) is 7.33. The van der Waals surface area contributed by atoms with Crippen LogP contribution in [0.4, 0.5) is 22.5 Å². The first-order valence-electron chi connectivity index (χ1n) is 10.5. The molecule has 4 rings (SSSR count). The normalized spacial score (nSPS) is 11.0. The maximum Gasteiger partial charge on any atom is 0.275 e. The Balaban J connectivity index is 1.41. The molecule has 0 saturated heterocycles. The van der Waals surface area contributed by atoms with E-state index < -0.39 is 15.9 Å². The number of thiazole rings is 1. The molecule has 186 valence electrons. The largest absolute Gasteiger partial charge is 0.497 e. The highest BCUT2D eigenvalue weighted by atomic mass is 32.2. The van der Waals surface area contributed by atoms with Crippen molar-refractivity contribution >= 4 is 49.7 Å². The highest BCUT2D eigenvalue weighted by Gasteiger charge is 2.17. The van der Waals surface area contributed by atoms with Crippen molar-refractivity contribution in [2.45, 2.75) is 11.8 Å². The second-order valence-corrected chi connectivity index (χ2v) is 9.88. The minimum Gasteiger partial charge on any atom is -0.497 e. The number of hydrogen-bond donors (Lipinski definition) is 3. The summed E-state index contributed by atoms with van der Waals surface area (Å²) in [4.78, 5) is 24.9. The monoisotopic (exact) mass is 526 g/mol. The summed E-state index contributed by atoms with van der Waals surface area (Å²) >= 11 is 1.25.